The van der Waals surface area contributed by atoms with Crippen molar-refractivity contribution in [2.24, 2.45) is 0 Å². The Labute approximate surface area is 115 Å². The lowest BCUT2D eigenvalue weighted by Crippen LogP contribution is -2.13. The summed E-state index contributed by atoms with van der Waals surface area (Å²) >= 11 is 1.40. The first-order valence-corrected chi connectivity index (χ1v) is 6.76. The highest BCUT2D eigenvalue weighted by molar-refractivity contribution is 8.00. The topological polar surface area (TPSA) is 81.2 Å². The Morgan fingerprint density at radius 2 is 2.26 bits per heavy atom. The van der Waals surface area contributed by atoms with Gasteiger partial charge in [-0.2, -0.15) is 0 Å². The van der Waals surface area contributed by atoms with E-state index >= 15 is 0 Å². The van der Waals surface area contributed by atoms with E-state index in [2.05, 4.69) is 10.5 Å². The van der Waals surface area contributed by atoms with Gasteiger partial charge >= 0.3 is 0 Å². The SMILES string of the molecule is Cc1cc(NC(=O)CSc2cccc(C)c2N)on1. The lowest BCUT2D eigenvalue weighted by molar-refractivity contribution is -0.113. The Bertz CT molecular complexity index is 595. The molecule has 0 saturated heterocycles. The fourth-order valence-corrected chi connectivity index (χ4v) is 2.37. The second-order valence-electron chi connectivity index (χ2n) is 4.16. The van der Waals surface area contributed by atoms with Gasteiger partial charge in [0.15, 0.2) is 0 Å². The van der Waals surface area contributed by atoms with Crippen LogP contribution in [0.4, 0.5) is 11.6 Å². The second kappa shape index (κ2) is 5.79. The van der Waals surface area contributed by atoms with Gasteiger partial charge < -0.3 is 10.3 Å². The molecular formula is C13H15N3O2S. The van der Waals surface area contributed by atoms with Gasteiger partial charge in [-0.1, -0.05) is 17.3 Å². The predicted molar refractivity (Wildman–Crippen MR) is 76.2 cm³/mol. The number of nitrogens with two attached hydrogens (primary N) is 1. The highest BCUT2D eigenvalue weighted by atomic mass is 32.2. The molecule has 0 spiro atoms. The number of hydrogen-bond acceptors (Lipinski definition) is 5. The summed E-state index contributed by atoms with van der Waals surface area (Å²) in [4.78, 5) is 12.6. The lowest BCUT2D eigenvalue weighted by atomic mass is 10.2. The Morgan fingerprint density at radius 3 is 2.95 bits per heavy atom. The van der Waals surface area contributed by atoms with Crippen molar-refractivity contribution in [1.82, 2.24) is 5.16 Å². The molecule has 2 aromatic rings. The number of nitrogens with one attached hydrogen (secondary N) is 1. The van der Waals surface area contributed by atoms with Crippen molar-refractivity contribution in [3.63, 3.8) is 0 Å². The molecule has 1 heterocycles. The van der Waals surface area contributed by atoms with E-state index in [9.17, 15) is 4.79 Å². The van der Waals surface area contributed by atoms with Crippen LogP contribution in [0.3, 0.4) is 0 Å². The molecule has 0 unspecified atom stereocenters. The standard InChI is InChI=1S/C13H15N3O2S/c1-8-4-3-5-10(13(8)14)19-7-11(17)15-12-6-9(2)16-18-12/h3-6H,7,14H2,1-2H3,(H,15,17). The Morgan fingerprint density at radius 1 is 1.47 bits per heavy atom. The van der Waals surface area contributed by atoms with Gasteiger partial charge in [0, 0.05) is 16.6 Å². The van der Waals surface area contributed by atoms with Crippen LogP contribution in [0, 0.1) is 13.8 Å². The minimum atomic E-state index is -0.151. The monoisotopic (exact) mass is 277 g/mol. The van der Waals surface area contributed by atoms with Gasteiger partial charge in [0.05, 0.1) is 11.4 Å². The highest BCUT2D eigenvalue weighted by Crippen LogP contribution is 2.27. The molecule has 0 bridgehead atoms. The molecule has 3 N–H and O–H groups in total. The molecule has 0 aliphatic heterocycles. The average Bonchev–Trinajstić information content (AvgIpc) is 2.76. The number of rotatable bonds is 4. The van der Waals surface area contributed by atoms with E-state index in [1.54, 1.807) is 13.0 Å². The number of carbonyl (C=O) groups excluding carboxylic acids is 1. The molecular weight excluding hydrogens is 262 g/mol. The van der Waals surface area contributed by atoms with Crippen LogP contribution in [0.25, 0.3) is 0 Å². The first-order chi connectivity index (χ1) is 9.06. The van der Waals surface area contributed by atoms with Crippen molar-refractivity contribution < 1.29 is 9.32 Å². The third kappa shape index (κ3) is 3.51. The number of thioether (sulfide) groups is 1. The minimum Gasteiger partial charge on any atom is -0.398 e. The molecule has 19 heavy (non-hydrogen) atoms. The zero-order valence-corrected chi connectivity index (χ0v) is 11.6. The smallest absolute Gasteiger partial charge is 0.237 e. The van der Waals surface area contributed by atoms with Crippen LogP contribution in [0.1, 0.15) is 11.3 Å². The summed E-state index contributed by atoms with van der Waals surface area (Å²) in [5.74, 6) is 0.482. The maximum atomic E-state index is 11.7. The van der Waals surface area contributed by atoms with Crippen LogP contribution < -0.4 is 11.1 Å². The Hall–Kier alpha value is -1.95. The number of anilines is 2. The van der Waals surface area contributed by atoms with E-state index in [1.165, 1.54) is 11.8 Å². The highest BCUT2D eigenvalue weighted by Gasteiger charge is 2.09. The third-order valence-corrected chi connectivity index (χ3v) is 3.61. The molecule has 100 valence electrons. The van der Waals surface area contributed by atoms with E-state index in [-0.39, 0.29) is 11.7 Å². The maximum Gasteiger partial charge on any atom is 0.237 e. The first kappa shape index (κ1) is 13.5. The normalized spacial score (nSPS) is 10.4. The van der Waals surface area contributed by atoms with Crippen LogP contribution in [-0.2, 0) is 4.79 Å². The number of para-hydroxylation sites is 1. The molecule has 0 fully saturated rings. The van der Waals surface area contributed by atoms with Crippen LogP contribution >= 0.6 is 11.8 Å². The van der Waals surface area contributed by atoms with Gasteiger partial charge in [0.25, 0.3) is 0 Å². The van der Waals surface area contributed by atoms with Crippen LogP contribution in [0.2, 0.25) is 0 Å². The molecule has 0 radical (unpaired) electrons. The number of aryl methyl sites for hydroxylation is 2. The second-order valence-corrected chi connectivity index (χ2v) is 5.17. The number of aromatic nitrogens is 1. The summed E-state index contributed by atoms with van der Waals surface area (Å²) in [7, 11) is 0. The molecule has 0 aliphatic rings. The van der Waals surface area contributed by atoms with E-state index in [1.807, 2.05) is 25.1 Å². The number of hydrogen-bond donors (Lipinski definition) is 2. The van der Waals surface area contributed by atoms with Crippen LogP contribution in [0.5, 0.6) is 0 Å². The molecule has 1 aromatic carbocycles. The third-order valence-electron chi connectivity index (χ3n) is 2.53. The summed E-state index contributed by atoms with van der Waals surface area (Å²) < 4.78 is 4.91. The van der Waals surface area contributed by atoms with Crippen LogP contribution in [-0.4, -0.2) is 16.8 Å². The quantitative estimate of drug-likeness (QED) is 0.663. The number of benzene rings is 1. The molecule has 6 heteroatoms. The number of nitrogens with zero attached hydrogens (tertiary/aromatic N) is 1. The van der Waals surface area contributed by atoms with Gasteiger partial charge in [-0.05, 0) is 25.5 Å². The largest absolute Gasteiger partial charge is 0.398 e. The Kier molecular flexibility index (Phi) is 4.11. The van der Waals surface area contributed by atoms with Gasteiger partial charge in [0.2, 0.25) is 11.8 Å². The summed E-state index contributed by atoms with van der Waals surface area (Å²) in [6.45, 7) is 3.73. The summed E-state index contributed by atoms with van der Waals surface area (Å²) in [5.41, 5.74) is 8.40. The fourth-order valence-electron chi connectivity index (χ4n) is 1.52. The van der Waals surface area contributed by atoms with Crippen LogP contribution in [0.15, 0.2) is 33.7 Å². The fraction of sp³-hybridized carbons (Fsp3) is 0.231. The summed E-state index contributed by atoms with van der Waals surface area (Å²) in [6, 6.07) is 7.44. The van der Waals surface area contributed by atoms with Gasteiger partial charge in [-0.25, -0.2) is 0 Å². The van der Waals surface area contributed by atoms with Crippen molar-refractivity contribution >= 4 is 29.2 Å². The van der Waals surface area contributed by atoms with Crippen molar-refractivity contribution in [1.29, 1.82) is 0 Å². The number of amides is 1. The van der Waals surface area contributed by atoms with Gasteiger partial charge in [-0.3, -0.25) is 10.1 Å². The number of carbonyl (C=O) groups is 1. The zero-order valence-electron chi connectivity index (χ0n) is 10.8. The van der Waals surface area contributed by atoms with Gasteiger partial charge in [-0.15, -0.1) is 11.8 Å². The predicted octanol–water partition coefficient (Wildman–Crippen LogP) is 2.60. The molecule has 5 nitrogen and oxygen atoms in total. The molecule has 2 rings (SSSR count). The van der Waals surface area contributed by atoms with Crippen molar-refractivity contribution in [2.45, 2.75) is 18.7 Å². The average molecular weight is 277 g/mol. The van der Waals surface area contributed by atoms with Crippen molar-refractivity contribution in [2.75, 3.05) is 16.8 Å². The van der Waals surface area contributed by atoms with Crippen molar-refractivity contribution in [3.05, 3.63) is 35.5 Å². The first-order valence-electron chi connectivity index (χ1n) is 5.77. The number of nitrogen functional groups attached to an aromatic ring is 1. The van der Waals surface area contributed by atoms with E-state index in [0.717, 1.165) is 21.8 Å². The summed E-state index contributed by atoms with van der Waals surface area (Å²) in [5, 5.41) is 6.33. The lowest BCUT2D eigenvalue weighted by Gasteiger charge is -2.07. The van der Waals surface area contributed by atoms with E-state index in [4.69, 9.17) is 10.3 Å². The molecule has 1 amide bonds. The van der Waals surface area contributed by atoms with E-state index in [0.29, 0.717) is 5.88 Å². The minimum absolute atomic E-state index is 0.151. The van der Waals surface area contributed by atoms with E-state index < -0.39 is 0 Å². The molecule has 0 aliphatic carbocycles. The zero-order chi connectivity index (χ0) is 13.8. The molecule has 0 atom stereocenters. The van der Waals surface area contributed by atoms with Crippen molar-refractivity contribution in [3.8, 4) is 0 Å². The molecule has 1 aromatic heterocycles. The Balaban J connectivity index is 1.91. The molecule has 0 saturated carbocycles. The maximum absolute atomic E-state index is 11.7. The van der Waals surface area contributed by atoms with Gasteiger partial charge in [0.1, 0.15) is 0 Å². The summed E-state index contributed by atoms with van der Waals surface area (Å²) in [6.07, 6.45) is 0.